The largest absolute Gasteiger partial charge is 0.451 e. The average Bonchev–Trinajstić information content (AvgIpc) is 2.58. The van der Waals surface area contributed by atoms with E-state index in [0.29, 0.717) is 27.7 Å². The number of aromatic nitrogens is 2. The van der Waals surface area contributed by atoms with Gasteiger partial charge in [-0.1, -0.05) is 42.5 Å². The molecule has 0 unspecified atom stereocenters. The molecule has 0 fully saturated rings. The fourth-order valence-electron chi connectivity index (χ4n) is 2.06. The zero-order valence-corrected chi connectivity index (χ0v) is 13.8. The molecule has 0 N–H and O–H groups in total. The van der Waals surface area contributed by atoms with Crippen LogP contribution in [-0.2, 0) is 6.42 Å². The number of hydrogen-bond acceptors (Lipinski definition) is 3. The van der Waals surface area contributed by atoms with E-state index in [4.69, 9.17) is 11.6 Å². The third-order valence-electron chi connectivity index (χ3n) is 3.22. The minimum Gasteiger partial charge on any atom is -0.262 e. The van der Waals surface area contributed by atoms with Crippen molar-refractivity contribution in [2.75, 3.05) is 6.54 Å². The van der Waals surface area contributed by atoms with Crippen molar-refractivity contribution in [2.24, 2.45) is 9.98 Å². The van der Waals surface area contributed by atoms with Gasteiger partial charge in [0.2, 0.25) is 5.84 Å². The van der Waals surface area contributed by atoms with Crippen molar-refractivity contribution in [1.29, 1.82) is 0 Å². The molecule has 0 saturated heterocycles. The monoisotopic (exact) mass is 366 g/mol. The maximum atomic E-state index is 12.6. The third kappa shape index (κ3) is 4.73. The number of aliphatic imine (C=N–C) groups is 2. The molecule has 25 heavy (non-hydrogen) atoms. The lowest BCUT2D eigenvalue weighted by Crippen LogP contribution is -2.21. The molecule has 4 nitrogen and oxygen atoms in total. The lowest BCUT2D eigenvalue weighted by Gasteiger charge is -2.09. The van der Waals surface area contributed by atoms with Gasteiger partial charge in [-0.25, -0.2) is 15.0 Å². The SMILES string of the molecule is C=Cc1cnc(CC/N=C(\N=C)C(F)(F)F)nc1-c1ccccc1Cl. The lowest BCUT2D eigenvalue weighted by molar-refractivity contribution is -0.0598. The number of amidine groups is 1. The number of rotatable bonds is 5. The molecule has 0 saturated carbocycles. The zero-order chi connectivity index (χ0) is 18.4. The number of halogens is 4. The van der Waals surface area contributed by atoms with Gasteiger partial charge in [0, 0.05) is 35.3 Å². The smallest absolute Gasteiger partial charge is 0.262 e. The second-order valence-electron chi connectivity index (χ2n) is 4.89. The van der Waals surface area contributed by atoms with E-state index in [2.05, 4.69) is 33.2 Å². The minimum atomic E-state index is -4.63. The van der Waals surface area contributed by atoms with Crippen molar-refractivity contribution in [1.82, 2.24) is 9.97 Å². The fourth-order valence-corrected chi connectivity index (χ4v) is 2.28. The minimum absolute atomic E-state index is 0.115. The molecular weight excluding hydrogens is 353 g/mol. The second kappa shape index (κ2) is 8.02. The van der Waals surface area contributed by atoms with E-state index < -0.39 is 12.0 Å². The van der Waals surface area contributed by atoms with Crippen molar-refractivity contribution in [3.05, 3.63) is 53.5 Å². The Morgan fingerprint density at radius 1 is 1.28 bits per heavy atom. The van der Waals surface area contributed by atoms with Gasteiger partial charge in [-0.3, -0.25) is 4.99 Å². The van der Waals surface area contributed by atoms with Gasteiger partial charge in [0.25, 0.3) is 0 Å². The topological polar surface area (TPSA) is 50.5 Å². The Kier molecular flexibility index (Phi) is 6.03. The van der Waals surface area contributed by atoms with E-state index in [1.807, 2.05) is 6.07 Å². The van der Waals surface area contributed by atoms with E-state index in [1.165, 1.54) is 0 Å². The van der Waals surface area contributed by atoms with Gasteiger partial charge in [-0.15, -0.1) is 0 Å². The summed E-state index contributed by atoms with van der Waals surface area (Å²) < 4.78 is 37.7. The second-order valence-corrected chi connectivity index (χ2v) is 5.29. The highest BCUT2D eigenvalue weighted by atomic mass is 35.5. The van der Waals surface area contributed by atoms with Crippen molar-refractivity contribution in [3.8, 4) is 11.3 Å². The van der Waals surface area contributed by atoms with Crippen molar-refractivity contribution in [2.45, 2.75) is 12.6 Å². The Labute approximate surface area is 147 Å². The van der Waals surface area contributed by atoms with E-state index >= 15 is 0 Å². The molecule has 1 heterocycles. The first-order chi connectivity index (χ1) is 11.9. The summed E-state index contributed by atoms with van der Waals surface area (Å²) in [5.41, 5.74) is 1.92. The first kappa shape index (κ1) is 18.8. The van der Waals surface area contributed by atoms with Crippen LogP contribution >= 0.6 is 11.6 Å². The molecule has 0 aliphatic rings. The highest BCUT2D eigenvalue weighted by molar-refractivity contribution is 6.33. The van der Waals surface area contributed by atoms with Crippen LogP contribution in [0.25, 0.3) is 17.3 Å². The predicted molar refractivity (Wildman–Crippen MR) is 94.2 cm³/mol. The summed E-state index contributed by atoms with van der Waals surface area (Å²) in [6.07, 6.45) is -1.37. The molecule has 0 radical (unpaired) electrons. The molecule has 0 aliphatic carbocycles. The maximum absolute atomic E-state index is 12.6. The Hall–Kier alpha value is -2.54. The van der Waals surface area contributed by atoms with Gasteiger partial charge in [-0.2, -0.15) is 13.2 Å². The van der Waals surface area contributed by atoms with Crippen molar-refractivity contribution >= 4 is 30.2 Å². The quantitative estimate of drug-likeness (QED) is 0.571. The number of hydrogen-bond donors (Lipinski definition) is 0. The molecule has 0 bridgehead atoms. The third-order valence-corrected chi connectivity index (χ3v) is 3.55. The van der Waals surface area contributed by atoms with Gasteiger partial charge in [0.05, 0.1) is 5.69 Å². The van der Waals surface area contributed by atoms with Crippen LogP contribution in [0.2, 0.25) is 5.02 Å². The molecule has 0 spiro atoms. The van der Waals surface area contributed by atoms with Gasteiger partial charge in [0.15, 0.2) is 0 Å². The van der Waals surface area contributed by atoms with Crippen molar-refractivity contribution in [3.63, 3.8) is 0 Å². The van der Waals surface area contributed by atoms with E-state index in [-0.39, 0.29) is 13.0 Å². The van der Waals surface area contributed by atoms with Gasteiger partial charge < -0.3 is 0 Å². The molecule has 0 aliphatic heterocycles. The van der Waals surface area contributed by atoms with Crippen molar-refractivity contribution < 1.29 is 13.2 Å². The fraction of sp³-hybridized carbons (Fsp3) is 0.176. The zero-order valence-electron chi connectivity index (χ0n) is 13.1. The maximum Gasteiger partial charge on any atom is 0.451 e. The summed E-state index contributed by atoms with van der Waals surface area (Å²) >= 11 is 6.19. The molecule has 1 aromatic heterocycles. The summed E-state index contributed by atoms with van der Waals surface area (Å²) in [4.78, 5) is 14.8. The van der Waals surface area contributed by atoms with E-state index in [9.17, 15) is 13.2 Å². The normalized spacial score (nSPS) is 12.1. The van der Waals surface area contributed by atoms with E-state index in [0.717, 1.165) is 0 Å². The van der Waals surface area contributed by atoms with Crippen LogP contribution < -0.4 is 0 Å². The average molecular weight is 367 g/mol. The number of benzene rings is 1. The summed E-state index contributed by atoms with van der Waals surface area (Å²) in [6.45, 7) is 6.43. The predicted octanol–water partition coefficient (Wildman–Crippen LogP) is 4.64. The summed E-state index contributed by atoms with van der Waals surface area (Å²) in [5, 5.41) is 0.503. The molecule has 2 aromatic rings. The first-order valence-corrected chi connectivity index (χ1v) is 7.56. The van der Waals surface area contributed by atoms with Gasteiger partial charge in [-0.05, 0) is 12.8 Å². The lowest BCUT2D eigenvalue weighted by atomic mass is 10.1. The molecule has 0 amide bonds. The van der Waals surface area contributed by atoms with Gasteiger partial charge >= 0.3 is 6.18 Å². The summed E-state index contributed by atoms with van der Waals surface area (Å²) in [6, 6.07) is 7.12. The van der Waals surface area contributed by atoms with Crippen LogP contribution in [0.15, 0.2) is 47.0 Å². The standard InChI is InChI=1S/C17H14ClF3N4/c1-3-11-10-24-14(8-9-23-16(22-2)17(19,20)21)25-15(11)12-6-4-5-7-13(12)18/h3-7,10H,1-2,8-9H2/b23-16-. The summed E-state index contributed by atoms with van der Waals surface area (Å²) in [5.74, 6) is -0.920. The van der Waals surface area contributed by atoms with Gasteiger partial charge in [0.1, 0.15) is 5.82 Å². The highest BCUT2D eigenvalue weighted by Gasteiger charge is 2.35. The Bertz CT molecular complexity index is 816. The van der Waals surface area contributed by atoms with Crippen LogP contribution in [0.3, 0.4) is 0 Å². The van der Waals surface area contributed by atoms with Crippen LogP contribution in [0, 0.1) is 0 Å². The van der Waals surface area contributed by atoms with Crippen LogP contribution in [0.1, 0.15) is 11.4 Å². The first-order valence-electron chi connectivity index (χ1n) is 7.18. The Morgan fingerprint density at radius 3 is 2.60 bits per heavy atom. The number of alkyl halides is 3. The summed E-state index contributed by atoms with van der Waals surface area (Å²) in [7, 11) is 0. The molecule has 0 atom stereocenters. The van der Waals surface area contributed by atoms with E-state index in [1.54, 1.807) is 30.5 Å². The highest BCUT2D eigenvalue weighted by Crippen LogP contribution is 2.29. The number of nitrogens with zero attached hydrogens (tertiary/aromatic N) is 4. The van der Waals surface area contributed by atoms with Crippen LogP contribution in [0.4, 0.5) is 13.2 Å². The molecule has 8 heteroatoms. The Balaban J connectivity index is 2.28. The molecule has 2 rings (SSSR count). The molecule has 130 valence electrons. The Morgan fingerprint density at radius 2 is 2.00 bits per heavy atom. The van der Waals surface area contributed by atoms with Crippen LogP contribution in [0.5, 0.6) is 0 Å². The molecular formula is C17H14ClF3N4. The van der Waals surface area contributed by atoms with Crippen LogP contribution in [-0.4, -0.2) is 35.2 Å². The molecule has 1 aromatic carbocycles.